The molecule has 0 fully saturated rings. The van der Waals surface area contributed by atoms with E-state index >= 15 is 0 Å². The molecule has 0 saturated carbocycles. The maximum Gasteiger partial charge on any atom is 0.336 e. The molecule has 7 heteroatoms. The van der Waals surface area contributed by atoms with Crippen molar-refractivity contribution in [2.24, 2.45) is 0 Å². The van der Waals surface area contributed by atoms with Crippen LogP contribution in [0, 0.1) is 17.5 Å². The third kappa shape index (κ3) is 2.99. The molecule has 2 aromatic rings. The Hall–Kier alpha value is -1.47. The molecule has 0 radical (unpaired) electrons. The van der Waals surface area contributed by atoms with Gasteiger partial charge in [-0.15, -0.1) is 0 Å². The minimum atomic E-state index is -1.29. The third-order valence-corrected chi connectivity index (χ3v) is 4.23. The van der Waals surface area contributed by atoms with Crippen LogP contribution in [0.15, 0.2) is 44.6 Å². The molecule has 2 aromatic carbocycles. The molecular formula is C13H6BrF3O2S. The Bertz CT molecular complexity index is 692. The van der Waals surface area contributed by atoms with Crippen molar-refractivity contribution >= 4 is 33.7 Å². The molecule has 2 rings (SSSR count). The van der Waals surface area contributed by atoms with Crippen LogP contribution < -0.4 is 0 Å². The summed E-state index contributed by atoms with van der Waals surface area (Å²) in [7, 11) is 0. The first-order valence-corrected chi connectivity index (χ1v) is 6.85. The minimum Gasteiger partial charge on any atom is -0.478 e. The molecule has 20 heavy (non-hydrogen) atoms. The first-order valence-electron chi connectivity index (χ1n) is 5.24. The fourth-order valence-corrected chi connectivity index (χ4v) is 3.00. The van der Waals surface area contributed by atoms with Crippen molar-refractivity contribution in [3.63, 3.8) is 0 Å². The molecule has 0 aliphatic carbocycles. The van der Waals surface area contributed by atoms with Crippen molar-refractivity contribution < 1.29 is 23.1 Å². The second-order valence-electron chi connectivity index (χ2n) is 3.72. The molecule has 0 aromatic heterocycles. The summed E-state index contributed by atoms with van der Waals surface area (Å²) in [6.45, 7) is 0. The number of carboxylic acids is 1. The Balaban J connectivity index is 2.42. The summed E-state index contributed by atoms with van der Waals surface area (Å²) >= 11 is 3.52. The van der Waals surface area contributed by atoms with E-state index < -0.39 is 23.4 Å². The largest absolute Gasteiger partial charge is 0.478 e. The van der Waals surface area contributed by atoms with E-state index in [0.717, 1.165) is 18.2 Å². The Morgan fingerprint density at radius 2 is 1.80 bits per heavy atom. The van der Waals surface area contributed by atoms with Gasteiger partial charge in [-0.05, 0) is 46.3 Å². The van der Waals surface area contributed by atoms with Crippen molar-refractivity contribution in [1.82, 2.24) is 0 Å². The molecular weight excluding hydrogens is 357 g/mol. The number of benzene rings is 2. The van der Waals surface area contributed by atoms with Crippen LogP contribution in [0.4, 0.5) is 13.2 Å². The summed E-state index contributed by atoms with van der Waals surface area (Å²) in [5.74, 6) is -3.45. The van der Waals surface area contributed by atoms with Gasteiger partial charge in [-0.25, -0.2) is 18.0 Å². The SMILES string of the molecule is O=C(O)c1ccc(Sc2cc(F)ccc2F)c(F)c1Br. The lowest BCUT2D eigenvalue weighted by Gasteiger charge is -2.08. The van der Waals surface area contributed by atoms with Crippen LogP contribution >= 0.6 is 27.7 Å². The second kappa shape index (κ2) is 5.88. The highest BCUT2D eigenvalue weighted by Crippen LogP contribution is 2.35. The minimum absolute atomic E-state index is 0.00799. The monoisotopic (exact) mass is 362 g/mol. The summed E-state index contributed by atoms with van der Waals surface area (Å²) in [6.07, 6.45) is 0. The molecule has 0 bridgehead atoms. The molecule has 0 atom stereocenters. The van der Waals surface area contributed by atoms with Crippen LogP contribution in [0.2, 0.25) is 0 Å². The van der Waals surface area contributed by atoms with Gasteiger partial charge < -0.3 is 5.11 Å². The highest BCUT2D eigenvalue weighted by molar-refractivity contribution is 9.10. The predicted molar refractivity (Wildman–Crippen MR) is 71.5 cm³/mol. The lowest BCUT2D eigenvalue weighted by molar-refractivity contribution is 0.0695. The van der Waals surface area contributed by atoms with Crippen LogP contribution in [-0.4, -0.2) is 11.1 Å². The normalized spacial score (nSPS) is 10.6. The van der Waals surface area contributed by atoms with Crippen molar-refractivity contribution in [3.05, 3.63) is 57.8 Å². The summed E-state index contributed by atoms with van der Waals surface area (Å²) in [6, 6.07) is 5.24. The number of hydrogen-bond acceptors (Lipinski definition) is 2. The number of carboxylic acid groups (broad SMARTS) is 1. The molecule has 0 saturated heterocycles. The maximum atomic E-state index is 14.0. The molecule has 2 nitrogen and oxygen atoms in total. The van der Waals surface area contributed by atoms with E-state index in [4.69, 9.17) is 5.11 Å². The molecule has 0 aliphatic rings. The van der Waals surface area contributed by atoms with Crippen LogP contribution in [0.25, 0.3) is 0 Å². The van der Waals surface area contributed by atoms with E-state index in [1.165, 1.54) is 12.1 Å². The number of halogens is 4. The number of hydrogen-bond donors (Lipinski definition) is 1. The zero-order chi connectivity index (χ0) is 14.9. The summed E-state index contributed by atoms with van der Waals surface area (Å²) in [5.41, 5.74) is -0.244. The smallest absolute Gasteiger partial charge is 0.336 e. The van der Waals surface area contributed by atoms with Gasteiger partial charge in [0.05, 0.1) is 14.9 Å². The fourth-order valence-electron chi connectivity index (χ4n) is 1.45. The topological polar surface area (TPSA) is 37.3 Å². The zero-order valence-corrected chi connectivity index (χ0v) is 12.1. The Morgan fingerprint density at radius 3 is 2.45 bits per heavy atom. The summed E-state index contributed by atoms with van der Waals surface area (Å²) in [4.78, 5) is 10.7. The third-order valence-electron chi connectivity index (χ3n) is 2.39. The fraction of sp³-hybridized carbons (Fsp3) is 0. The van der Waals surface area contributed by atoms with E-state index in [2.05, 4.69) is 15.9 Å². The van der Waals surface area contributed by atoms with Crippen LogP contribution in [-0.2, 0) is 0 Å². The summed E-state index contributed by atoms with van der Waals surface area (Å²) in [5, 5.41) is 8.84. The molecule has 0 unspecified atom stereocenters. The maximum absolute atomic E-state index is 14.0. The highest BCUT2D eigenvalue weighted by atomic mass is 79.9. The molecule has 0 heterocycles. The van der Waals surface area contributed by atoms with E-state index in [9.17, 15) is 18.0 Å². The summed E-state index contributed by atoms with van der Waals surface area (Å²) < 4.78 is 40.3. The van der Waals surface area contributed by atoms with Crippen molar-refractivity contribution in [3.8, 4) is 0 Å². The molecule has 1 N–H and O–H groups in total. The van der Waals surface area contributed by atoms with Gasteiger partial charge in [0.15, 0.2) is 5.82 Å². The standard InChI is InChI=1S/C13H6BrF3O2S/c14-11-7(13(18)19)2-4-9(12(11)17)20-10-5-6(15)1-3-8(10)16/h1-5H,(H,18,19). The van der Waals surface area contributed by atoms with Gasteiger partial charge in [0.2, 0.25) is 0 Å². The Kier molecular flexibility index (Phi) is 4.39. The average molecular weight is 363 g/mol. The van der Waals surface area contributed by atoms with E-state index in [0.29, 0.717) is 11.8 Å². The lowest BCUT2D eigenvalue weighted by Crippen LogP contribution is -2.00. The van der Waals surface area contributed by atoms with Crippen molar-refractivity contribution in [1.29, 1.82) is 0 Å². The quantitative estimate of drug-likeness (QED) is 0.858. The molecule has 0 aliphatic heterocycles. The number of rotatable bonds is 3. The van der Waals surface area contributed by atoms with Crippen molar-refractivity contribution in [2.45, 2.75) is 9.79 Å². The van der Waals surface area contributed by atoms with Crippen LogP contribution in [0.1, 0.15) is 10.4 Å². The van der Waals surface area contributed by atoms with Gasteiger partial charge in [-0.1, -0.05) is 11.8 Å². The van der Waals surface area contributed by atoms with Gasteiger partial charge in [0.25, 0.3) is 0 Å². The lowest BCUT2D eigenvalue weighted by atomic mass is 10.2. The zero-order valence-electron chi connectivity index (χ0n) is 9.66. The van der Waals surface area contributed by atoms with E-state index in [1.807, 2.05) is 0 Å². The molecule has 0 amide bonds. The number of carbonyl (C=O) groups is 1. The Labute approximate surface area is 124 Å². The van der Waals surface area contributed by atoms with E-state index in [1.54, 1.807) is 0 Å². The molecule has 104 valence electrons. The van der Waals surface area contributed by atoms with E-state index in [-0.39, 0.29) is 19.8 Å². The first-order chi connectivity index (χ1) is 9.40. The van der Waals surface area contributed by atoms with Gasteiger partial charge in [-0.2, -0.15) is 0 Å². The van der Waals surface area contributed by atoms with Gasteiger partial charge in [0, 0.05) is 4.90 Å². The second-order valence-corrected chi connectivity index (χ2v) is 5.60. The van der Waals surface area contributed by atoms with Gasteiger partial charge in [-0.3, -0.25) is 0 Å². The van der Waals surface area contributed by atoms with Gasteiger partial charge >= 0.3 is 5.97 Å². The first kappa shape index (κ1) is 14.9. The van der Waals surface area contributed by atoms with Crippen LogP contribution in [0.3, 0.4) is 0 Å². The van der Waals surface area contributed by atoms with Gasteiger partial charge in [0.1, 0.15) is 11.6 Å². The Morgan fingerprint density at radius 1 is 1.10 bits per heavy atom. The molecule has 0 spiro atoms. The van der Waals surface area contributed by atoms with Crippen molar-refractivity contribution in [2.75, 3.05) is 0 Å². The average Bonchev–Trinajstić information content (AvgIpc) is 2.39. The van der Waals surface area contributed by atoms with Crippen LogP contribution in [0.5, 0.6) is 0 Å². The highest BCUT2D eigenvalue weighted by Gasteiger charge is 2.17. The number of aromatic carboxylic acids is 1. The predicted octanol–water partition coefficient (Wildman–Crippen LogP) is 4.72.